The third-order valence-electron chi connectivity index (χ3n) is 4.56. The minimum absolute atomic E-state index is 0.171. The Morgan fingerprint density at radius 3 is 2.56 bits per heavy atom. The fourth-order valence-corrected chi connectivity index (χ4v) is 3.78. The highest BCUT2D eigenvalue weighted by molar-refractivity contribution is 7.09. The second-order valence-electron chi connectivity index (χ2n) is 7.04. The molecule has 9 heteroatoms. The van der Waals surface area contributed by atoms with Crippen molar-refractivity contribution in [1.29, 1.82) is 0 Å². The van der Waals surface area contributed by atoms with E-state index < -0.39 is 6.04 Å². The molecule has 0 radical (unpaired) electrons. The van der Waals surface area contributed by atoms with Gasteiger partial charge >= 0.3 is 0 Å². The number of benzene rings is 2. The molecule has 1 aromatic heterocycles. The van der Waals surface area contributed by atoms with E-state index in [-0.39, 0.29) is 24.3 Å². The maximum absolute atomic E-state index is 12.3. The normalized spacial score (nSPS) is 11.4. The number of carbonyl (C=O) groups excluding carboxylic acids is 3. The van der Waals surface area contributed by atoms with Gasteiger partial charge in [0, 0.05) is 22.5 Å². The lowest BCUT2D eigenvalue weighted by Gasteiger charge is -2.13. The van der Waals surface area contributed by atoms with Crippen LogP contribution in [0, 0.1) is 0 Å². The van der Waals surface area contributed by atoms with Crippen LogP contribution in [0.3, 0.4) is 0 Å². The number of nitrogens with zero attached hydrogens (tertiary/aromatic N) is 1. The van der Waals surface area contributed by atoms with Gasteiger partial charge in [-0.2, -0.15) is 0 Å². The smallest absolute Gasteiger partial charge is 0.270 e. The van der Waals surface area contributed by atoms with Gasteiger partial charge in [0.05, 0.1) is 6.54 Å². The molecule has 0 unspecified atom stereocenters. The molecule has 3 N–H and O–H groups in total. The summed E-state index contributed by atoms with van der Waals surface area (Å²) in [5, 5.41) is 11.1. The molecule has 0 aliphatic rings. The van der Waals surface area contributed by atoms with Crippen LogP contribution in [0.25, 0.3) is 0 Å². The topological polar surface area (TPSA) is 100 Å². The highest BCUT2D eigenvalue weighted by Crippen LogP contribution is 2.12. The van der Waals surface area contributed by atoms with Gasteiger partial charge in [-0.3, -0.25) is 14.4 Å². The number of amides is 3. The molecule has 0 fully saturated rings. The Hall–Kier alpha value is -3.23. The summed E-state index contributed by atoms with van der Waals surface area (Å²) in [6.07, 6.45) is 0.659. The first-order chi connectivity index (χ1) is 15.4. The van der Waals surface area contributed by atoms with Crippen LogP contribution in [0.1, 0.15) is 38.3 Å². The van der Waals surface area contributed by atoms with E-state index in [1.54, 1.807) is 42.6 Å². The number of hydrogen-bond acceptors (Lipinski definition) is 5. The lowest BCUT2D eigenvalue weighted by Crippen LogP contribution is -2.44. The van der Waals surface area contributed by atoms with Crippen molar-refractivity contribution >= 4 is 40.7 Å². The molecule has 0 spiro atoms. The minimum atomic E-state index is -0.711. The average molecular weight is 471 g/mol. The zero-order valence-corrected chi connectivity index (χ0v) is 19.0. The lowest BCUT2D eigenvalue weighted by molar-refractivity contribution is -0.122. The molecular formula is C23H23ClN4O3S. The molecule has 3 aromatic rings. The fraction of sp³-hybridized carbons (Fsp3) is 0.217. The van der Waals surface area contributed by atoms with Crippen molar-refractivity contribution in [2.75, 3.05) is 6.54 Å². The molecule has 32 heavy (non-hydrogen) atoms. The van der Waals surface area contributed by atoms with Gasteiger partial charge in [-0.05, 0) is 43.2 Å². The Labute approximate surface area is 195 Å². The first-order valence-electron chi connectivity index (χ1n) is 10.0. The van der Waals surface area contributed by atoms with Crippen LogP contribution in [-0.4, -0.2) is 35.3 Å². The van der Waals surface area contributed by atoms with Crippen molar-refractivity contribution in [3.05, 3.63) is 86.8 Å². The van der Waals surface area contributed by atoms with Crippen LogP contribution in [0.4, 0.5) is 0 Å². The molecular weight excluding hydrogens is 448 g/mol. The largest absolute Gasteiger partial charge is 0.350 e. The van der Waals surface area contributed by atoms with Gasteiger partial charge in [0.25, 0.3) is 11.8 Å². The predicted molar refractivity (Wildman–Crippen MR) is 125 cm³/mol. The highest BCUT2D eigenvalue weighted by atomic mass is 35.5. The molecule has 7 nitrogen and oxygen atoms in total. The van der Waals surface area contributed by atoms with Gasteiger partial charge in [0.1, 0.15) is 16.7 Å². The Balaban J connectivity index is 1.42. The van der Waals surface area contributed by atoms with E-state index in [9.17, 15) is 14.4 Å². The van der Waals surface area contributed by atoms with E-state index in [0.717, 1.165) is 5.56 Å². The first-order valence-corrected chi connectivity index (χ1v) is 11.3. The summed E-state index contributed by atoms with van der Waals surface area (Å²) in [5.41, 5.74) is 1.82. The van der Waals surface area contributed by atoms with Crippen LogP contribution >= 0.6 is 22.9 Å². The predicted octanol–water partition coefficient (Wildman–Crippen LogP) is 3.20. The third kappa shape index (κ3) is 6.90. The molecule has 0 aliphatic heterocycles. The van der Waals surface area contributed by atoms with Crippen LogP contribution in [-0.2, 0) is 17.8 Å². The first kappa shape index (κ1) is 23.4. The second kappa shape index (κ2) is 11.4. The summed E-state index contributed by atoms with van der Waals surface area (Å²) in [6, 6.07) is 15.5. The summed E-state index contributed by atoms with van der Waals surface area (Å²) in [7, 11) is 0. The molecule has 0 saturated heterocycles. The number of halogens is 1. The molecule has 3 rings (SSSR count). The number of carbonyl (C=O) groups is 3. The minimum Gasteiger partial charge on any atom is -0.350 e. The molecule has 2 aromatic carbocycles. The van der Waals surface area contributed by atoms with Crippen LogP contribution in [0.2, 0.25) is 5.02 Å². The number of aromatic nitrogens is 1. The number of thiazole rings is 1. The van der Waals surface area contributed by atoms with E-state index >= 15 is 0 Å². The monoisotopic (exact) mass is 470 g/mol. The van der Waals surface area contributed by atoms with Crippen molar-refractivity contribution in [3.8, 4) is 0 Å². The Bertz CT molecular complexity index is 1090. The van der Waals surface area contributed by atoms with Crippen molar-refractivity contribution in [2.24, 2.45) is 0 Å². The van der Waals surface area contributed by atoms with E-state index in [2.05, 4.69) is 20.9 Å². The highest BCUT2D eigenvalue weighted by Gasteiger charge is 2.17. The van der Waals surface area contributed by atoms with Crippen LogP contribution < -0.4 is 16.0 Å². The summed E-state index contributed by atoms with van der Waals surface area (Å²) in [4.78, 5) is 41.0. The summed E-state index contributed by atoms with van der Waals surface area (Å²) >= 11 is 7.25. The molecule has 3 amide bonds. The molecule has 0 aliphatic carbocycles. The van der Waals surface area contributed by atoms with Crippen molar-refractivity contribution in [1.82, 2.24) is 20.9 Å². The SMILES string of the molecule is C[C@H](NC(=O)c1ccccc1)C(=O)NCc1nc(C(=O)NCCc2cccc(Cl)c2)cs1. The number of nitrogens with one attached hydrogen (secondary N) is 3. The Morgan fingerprint density at radius 2 is 1.81 bits per heavy atom. The summed E-state index contributed by atoms with van der Waals surface area (Å²) < 4.78 is 0. The van der Waals surface area contributed by atoms with Gasteiger partial charge in [-0.25, -0.2) is 4.98 Å². The van der Waals surface area contributed by atoms with Crippen molar-refractivity contribution in [2.45, 2.75) is 25.9 Å². The zero-order valence-electron chi connectivity index (χ0n) is 17.4. The van der Waals surface area contributed by atoms with Gasteiger partial charge in [-0.1, -0.05) is 41.9 Å². The van der Waals surface area contributed by atoms with Crippen LogP contribution in [0.5, 0.6) is 0 Å². The molecule has 1 atom stereocenters. The van der Waals surface area contributed by atoms with Gasteiger partial charge < -0.3 is 16.0 Å². The molecule has 166 valence electrons. The number of hydrogen-bond donors (Lipinski definition) is 3. The van der Waals surface area contributed by atoms with E-state index in [1.807, 2.05) is 24.3 Å². The third-order valence-corrected chi connectivity index (χ3v) is 5.65. The van der Waals surface area contributed by atoms with Gasteiger partial charge in [0.2, 0.25) is 5.91 Å². The second-order valence-corrected chi connectivity index (χ2v) is 8.42. The zero-order chi connectivity index (χ0) is 22.9. The maximum atomic E-state index is 12.3. The van der Waals surface area contributed by atoms with Crippen molar-refractivity contribution < 1.29 is 14.4 Å². The molecule has 0 bridgehead atoms. The Morgan fingerprint density at radius 1 is 1.03 bits per heavy atom. The summed E-state index contributed by atoms with van der Waals surface area (Å²) in [6.45, 7) is 2.24. The summed E-state index contributed by atoms with van der Waals surface area (Å²) in [5.74, 6) is -0.930. The standard InChI is InChI=1S/C23H23ClN4O3S/c1-15(27-22(30)17-7-3-2-4-8-17)21(29)26-13-20-28-19(14-32-20)23(31)25-11-10-16-6-5-9-18(24)12-16/h2-9,12,14-15H,10-11,13H2,1H3,(H,25,31)(H,26,29)(H,27,30)/t15-/m0/s1. The van der Waals surface area contributed by atoms with E-state index in [0.29, 0.717) is 34.3 Å². The average Bonchev–Trinajstić information content (AvgIpc) is 3.27. The molecule has 1 heterocycles. The molecule has 0 saturated carbocycles. The van der Waals surface area contributed by atoms with Gasteiger partial charge in [-0.15, -0.1) is 11.3 Å². The van der Waals surface area contributed by atoms with Crippen molar-refractivity contribution in [3.63, 3.8) is 0 Å². The van der Waals surface area contributed by atoms with Gasteiger partial charge in [0.15, 0.2) is 0 Å². The number of rotatable bonds is 9. The Kier molecular flexibility index (Phi) is 8.35. The van der Waals surface area contributed by atoms with E-state index in [4.69, 9.17) is 11.6 Å². The quantitative estimate of drug-likeness (QED) is 0.447. The fourth-order valence-electron chi connectivity index (χ4n) is 2.85. The lowest BCUT2D eigenvalue weighted by atomic mass is 10.1. The van der Waals surface area contributed by atoms with E-state index in [1.165, 1.54) is 11.3 Å². The maximum Gasteiger partial charge on any atom is 0.270 e. The van der Waals surface area contributed by atoms with Crippen LogP contribution in [0.15, 0.2) is 60.0 Å².